The van der Waals surface area contributed by atoms with E-state index in [9.17, 15) is 19.2 Å². The van der Waals surface area contributed by atoms with Crippen molar-refractivity contribution in [3.8, 4) is 5.75 Å². The lowest BCUT2D eigenvalue weighted by atomic mass is 10.1. The van der Waals surface area contributed by atoms with Gasteiger partial charge in [-0.15, -0.1) is 0 Å². The molecule has 37 heavy (non-hydrogen) atoms. The predicted molar refractivity (Wildman–Crippen MR) is 140 cm³/mol. The Morgan fingerprint density at radius 1 is 1.08 bits per heavy atom. The van der Waals surface area contributed by atoms with Crippen LogP contribution in [0.3, 0.4) is 0 Å². The van der Waals surface area contributed by atoms with Crippen LogP contribution in [-0.4, -0.2) is 79.9 Å². The van der Waals surface area contributed by atoms with Crippen molar-refractivity contribution in [2.75, 3.05) is 39.3 Å². The van der Waals surface area contributed by atoms with Crippen molar-refractivity contribution in [2.24, 2.45) is 5.92 Å². The smallest absolute Gasteiger partial charge is 0.255 e. The number of nitrogens with one attached hydrogen (secondary N) is 4. The van der Waals surface area contributed by atoms with Crippen LogP contribution in [0.25, 0.3) is 0 Å². The van der Waals surface area contributed by atoms with Gasteiger partial charge in [-0.25, -0.2) is 0 Å². The molecule has 4 amide bonds. The van der Waals surface area contributed by atoms with E-state index in [-0.39, 0.29) is 55.7 Å². The molecule has 10 nitrogen and oxygen atoms in total. The van der Waals surface area contributed by atoms with Crippen molar-refractivity contribution >= 4 is 23.6 Å². The molecular formula is C27H41N5O5. The summed E-state index contributed by atoms with van der Waals surface area (Å²) in [5, 5.41) is 11.2. The number of benzene rings is 1. The molecule has 4 N–H and O–H groups in total. The van der Waals surface area contributed by atoms with E-state index < -0.39 is 11.9 Å². The van der Waals surface area contributed by atoms with Crippen molar-refractivity contribution in [3.05, 3.63) is 29.8 Å². The molecule has 2 heterocycles. The van der Waals surface area contributed by atoms with Gasteiger partial charge in [-0.1, -0.05) is 26.0 Å². The van der Waals surface area contributed by atoms with Gasteiger partial charge in [0.05, 0.1) is 18.2 Å². The molecule has 3 rings (SSSR count). The molecular weight excluding hydrogens is 474 g/mol. The lowest BCUT2D eigenvalue weighted by Crippen LogP contribution is -2.48. The van der Waals surface area contributed by atoms with Crippen LogP contribution in [0.4, 0.5) is 0 Å². The molecule has 2 aliphatic heterocycles. The lowest BCUT2D eigenvalue weighted by Gasteiger charge is -2.23. The SMILES string of the molecule is CC(C)[C@H]1COc2ccccc2C(=O)N[C@H](C(=O)NCCCCN2CCCC2)CCC(=O)NCC(=O)N1. The number of carbonyl (C=O) groups excluding carboxylic acids is 4. The van der Waals surface area contributed by atoms with Gasteiger partial charge >= 0.3 is 0 Å². The molecule has 0 saturated carbocycles. The number of carbonyl (C=O) groups is 4. The molecule has 2 aliphatic rings. The van der Waals surface area contributed by atoms with Crippen LogP contribution in [0.1, 0.15) is 62.7 Å². The minimum absolute atomic E-state index is 0.00758. The first-order valence-electron chi connectivity index (χ1n) is 13.4. The van der Waals surface area contributed by atoms with Gasteiger partial charge in [0.25, 0.3) is 5.91 Å². The molecule has 0 bridgehead atoms. The van der Waals surface area contributed by atoms with Gasteiger partial charge in [0.2, 0.25) is 17.7 Å². The number of fused-ring (bicyclic) bond motifs is 1. The Morgan fingerprint density at radius 2 is 1.84 bits per heavy atom. The first-order chi connectivity index (χ1) is 17.8. The maximum Gasteiger partial charge on any atom is 0.255 e. The van der Waals surface area contributed by atoms with E-state index in [0.717, 1.165) is 32.5 Å². The molecule has 0 unspecified atom stereocenters. The zero-order chi connectivity index (χ0) is 26.6. The van der Waals surface area contributed by atoms with Gasteiger partial charge < -0.3 is 30.9 Å². The zero-order valence-electron chi connectivity index (χ0n) is 22.0. The molecule has 1 saturated heterocycles. The van der Waals surface area contributed by atoms with E-state index in [2.05, 4.69) is 26.2 Å². The first kappa shape index (κ1) is 28.4. The highest BCUT2D eigenvalue weighted by Gasteiger charge is 2.25. The van der Waals surface area contributed by atoms with Crippen LogP contribution in [0, 0.1) is 5.92 Å². The molecule has 1 aromatic carbocycles. The second-order valence-electron chi connectivity index (χ2n) is 10.1. The standard InChI is InChI=1S/C27H41N5O5/c1-19(2)22-18-37-23-10-4-3-9-20(23)26(35)31-21(11-12-24(33)29-17-25(34)30-22)27(36)28-13-5-6-14-32-15-7-8-16-32/h3-4,9-10,19,21-22H,5-8,11-18H2,1-2H3,(H,28,36)(H,29,33)(H,30,34)(H,31,35)/t21-,22+/m0/s1. The Kier molecular flexibility index (Phi) is 11.2. The maximum absolute atomic E-state index is 13.2. The van der Waals surface area contributed by atoms with E-state index in [4.69, 9.17) is 4.74 Å². The summed E-state index contributed by atoms with van der Waals surface area (Å²) < 4.78 is 5.94. The summed E-state index contributed by atoms with van der Waals surface area (Å²) in [7, 11) is 0. The minimum Gasteiger partial charge on any atom is -0.491 e. The van der Waals surface area contributed by atoms with Crippen molar-refractivity contribution in [2.45, 2.75) is 64.5 Å². The van der Waals surface area contributed by atoms with Gasteiger partial charge in [-0.3, -0.25) is 19.2 Å². The molecule has 1 aromatic rings. The Morgan fingerprint density at radius 3 is 2.59 bits per heavy atom. The second kappa shape index (κ2) is 14.6. The van der Waals surface area contributed by atoms with Crippen LogP contribution in [0.5, 0.6) is 5.75 Å². The average molecular weight is 516 g/mol. The number of hydrogen-bond acceptors (Lipinski definition) is 6. The van der Waals surface area contributed by atoms with Gasteiger partial charge in [0, 0.05) is 13.0 Å². The zero-order valence-corrected chi connectivity index (χ0v) is 22.0. The molecule has 0 aromatic heterocycles. The van der Waals surface area contributed by atoms with Crippen molar-refractivity contribution < 1.29 is 23.9 Å². The van der Waals surface area contributed by atoms with Crippen LogP contribution < -0.4 is 26.0 Å². The molecule has 10 heteroatoms. The number of hydrogen-bond donors (Lipinski definition) is 4. The van der Waals surface area contributed by atoms with Crippen LogP contribution in [0.2, 0.25) is 0 Å². The molecule has 0 radical (unpaired) electrons. The Hall–Kier alpha value is -3.14. The Balaban J connectivity index is 1.66. The fourth-order valence-electron chi connectivity index (χ4n) is 4.47. The number of rotatable bonds is 7. The highest BCUT2D eigenvalue weighted by Crippen LogP contribution is 2.19. The van der Waals surface area contributed by atoms with Crippen molar-refractivity contribution in [1.82, 2.24) is 26.2 Å². The lowest BCUT2D eigenvalue weighted by molar-refractivity contribution is -0.127. The summed E-state index contributed by atoms with van der Waals surface area (Å²) in [5.74, 6) is -1.03. The van der Waals surface area contributed by atoms with Crippen molar-refractivity contribution in [1.29, 1.82) is 0 Å². The Bertz CT molecular complexity index is 932. The number of ether oxygens (including phenoxy) is 1. The van der Waals surface area contributed by atoms with Crippen LogP contribution in [0.15, 0.2) is 24.3 Å². The number of para-hydroxylation sites is 1. The number of likely N-dealkylation sites (tertiary alicyclic amines) is 1. The largest absolute Gasteiger partial charge is 0.491 e. The summed E-state index contributed by atoms with van der Waals surface area (Å²) in [6.45, 7) is 7.72. The Labute approximate surface area is 219 Å². The van der Waals surface area contributed by atoms with E-state index in [1.54, 1.807) is 24.3 Å². The normalized spacial score (nSPS) is 22.1. The fraction of sp³-hybridized carbons (Fsp3) is 0.630. The monoisotopic (exact) mass is 515 g/mol. The highest BCUT2D eigenvalue weighted by molar-refractivity contribution is 5.99. The number of unbranched alkanes of at least 4 members (excludes halogenated alkanes) is 1. The number of nitrogens with zero attached hydrogens (tertiary/aromatic N) is 1. The third-order valence-electron chi connectivity index (χ3n) is 6.83. The summed E-state index contributed by atoms with van der Waals surface area (Å²) >= 11 is 0. The van der Waals surface area contributed by atoms with Gasteiger partial charge in [0.1, 0.15) is 18.4 Å². The third-order valence-corrected chi connectivity index (χ3v) is 6.83. The molecule has 2 atom stereocenters. The van der Waals surface area contributed by atoms with Crippen LogP contribution in [-0.2, 0) is 14.4 Å². The molecule has 204 valence electrons. The van der Waals surface area contributed by atoms with E-state index >= 15 is 0 Å². The molecule has 0 spiro atoms. The van der Waals surface area contributed by atoms with E-state index in [1.807, 2.05) is 13.8 Å². The minimum atomic E-state index is -0.896. The topological polar surface area (TPSA) is 129 Å². The van der Waals surface area contributed by atoms with E-state index in [1.165, 1.54) is 12.8 Å². The highest BCUT2D eigenvalue weighted by atomic mass is 16.5. The second-order valence-corrected chi connectivity index (χ2v) is 10.1. The maximum atomic E-state index is 13.2. The van der Waals surface area contributed by atoms with Crippen molar-refractivity contribution in [3.63, 3.8) is 0 Å². The summed E-state index contributed by atoms with van der Waals surface area (Å²) in [4.78, 5) is 53.4. The quantitative estimate of drug-likeness (QED) is 0.404. The first-order valence-corrected chi connectivity index (χ1v) is 13.4. The summed E-state index contributed by atoms with van der Waals surface area (Å²) in [6, 6.07) is 5.60. The summed E-state index contributed by atoms with van der Waals surface area (Å²) in [6.07, 6.45) is 4.44. The number of amides is 4. The average Bonchev–Trinajstić information content (AvgIpc) is 3.40. The fourth-order valence-corrected chi connectivity index (χ4v) is 4.47. The molecule has 0 aliphatic carbocycles. The predicted octanol–water partition coefficient (Wildman–Crippen LogP) is 1.21. The van der Waals surface area contributed by atoms with Gasteiger partial charge in [-0.05, 0) is 69.8 Å². The van der Waals surface area contributed by atoms with Gasteiger partial charge in [-0.2, -0.15) is 0 Å². The third kappa shape index (κ3) is 9.35. The summed E-state index contributed by atoms with van der Waals surface area (Å²) in [5.41, 5.74) is 0.291. The van der Waals surface area contributed by atoms with Crippen LogP contribution >= 0.6 is 0 Å². The van der Waals surface area contributed by atoms with E-state index in [0.29, 0.717) is 17.9 Å². The van der Waals surface area contributed by atoms with Gasteiger partial charge in [0.15, 0.2) is 0 Å². The molecule has 1 fully saturated rings.